The monoisotopic (exact) mass is 348 g/mol. The molecule has 0 aliphatic carbocycles. The minimum Gasteiger partial charge on any atom is -0.481 e. The second-order valence-corrected chi connectivity index (χ2v) is 5.38. The molecule has 0 aliphatic rings. The quantitative estimate of drug-likeness (QED) is 0.761. The van der Waals surface area contributed by atoms with Gasteiger partial charge in [-0.1, -0.05) is 27.5 Å². The van der Waals surface area contributed by atoms with Crippen molar-refractivity contribution in [3.05, 3.63) is 27.7 Å². The van der Waals surface area contributed by atoms with Gasteiger partial charge in [-0.15, -0.1) is 0 Å². The van der Waals surface area contributed by atoms with Crippen molar-refractivity contribution < 1.29 is 14.7 Å². The Morgan fingerprint density at radius 3 is 2.79 bits per heavy atom. The van der Waals surface area contributed by atoms with Crippen LogP contribution >= 0.6 is 27.5 Å². The minimum atomic E-state index is -0.885. The number of urea groups is 1. The van der Waals surface area contributed by atoms with Crippen LogP contribution in [-0.4, -0.2) is 23.1 Å². The number of nitrogens with one attached hydrogen (secondary N) is 2. The Morgan fingerprint density at radius 2 is 2.16 bits per heavy atom. The molecule has 0 heterocycles. The van der Waals surface area contributed by atoms with E-state index < -0.39 is 12.0 Å². The summed E-state index contributed by atoms with van der Waals surface area (Å²) in [5, 5.41) is 14.2. The molecule has 0 fully saturated rings. The van der Waals surface area contributed by atoms with Crippen molar-refractivity contribution in [1.82, 2.24) is 5.32 Å². The Bertz CT molecular complexity index is 482. The van der Waals surface area contributed by atoms with Crippen LogP contribution in [0.1, 0.15) is 19.8 Å². The molecular weight excluding hydrogens is 336 g/mol. The average molecular weight is 350 g/mol. The van der Waals surface area contributed by atoms with E-state index in [4.69, 9.17) is 16.7 Å². The van der Waals surface area contributed by atoms with Crippen LogP contribution in [0.25, 0.3) is 0 Å². The molecular formula is C12H14BrClN2O3. The summed E-state index contributed by atoms with van der Waals surface area (Å²) < 4.78 is 0.797. The highest BCUT2D eigenvalue weighted by Gasteiger charge is 2.10. The molecule has 1 unspecified atom stereocenters. The molecule has 5 nitrogen and oxygen atoms in total. The molecule has 0 spiro atoms. The Hall–Kier alpha value is -1.27. The number of hydrogen-bond acceptors (Lipinski definition) is 2. The Kier molecular flexibility index (Phi) is 6.11. The number of anilines is 1. The van der Waals surface area contributed by atoms with Gasteiger partial charge in [0.2, 0.25) is 0 Å². The highest BCUT2D eigenvalue weighted by Crippen LogP contribution is 2.25. The molecule has 0 aromatic heterocycles. The molecule has 1 aromatic rings. The zero-order valence-electron chi connectivity index (χ0n) is 10.2. The molecule has 7 heteroatoms. The summed E-state index contributed by atoms with van der Waals surface area (Å²) in [6.45, 7) is 1.74. The Balaban J connectivity index is 2.50. The van der Waals surface area contributed by atoms with Gasteiger partial charge < -0.3 is 15.7 Å². The summed E-state index contributed by atoms with van der Waals surface area (Å²) in [5.74, 6) is -0.885. The Morgan fingerprint density at radius 1 is 1.47 bits per heavy atom. The molecule has 2 amide bonds. The summed E-state index contributed by atoms with van der Waals surface area (Å²) in [6.07, 6.45) is 0.383. The first-order chi connectivity index (χ1) is 8.88. The number of hydrogen-bond donors (Lipinski definition) is 3. The van der Waals surface area contributed by atoms with Crippen molar-refractivity contribution in [2.24, 2.45) is 0 Å². The maximum absolute atomic E-state index is 11.7. The third-order valence-electron chi connectivity index (χ3n) is 2.35. The highest BCUT2D eigenvalue weighted by atomic mass is 79.9. The van der Waals surface area contributed by atoms with Gasteiger partial charge in [0.25, 0.3) is 0 Å². The molecule has 1 atom stereocenters. The van der Waals surface area contributed by atoms with E-state index in [1.165, 1.54) is 0 Å². The maximum atomic E-state index is 11.7. The van der Waals surface area contributed by atoms with E-state index >= 15 is 0 Å². The summed E-state index contributed by atoms with van der Waals surface area (Å²) in [6, 6.07) is 4.46. The van der Waals surface area contributed by atoms with Crippen LogP contribution in [0.15, 0.2) is 22.7 Å². The molecule has 1 rings (SSSR count). The molecule has 104 valence electrons. The van der Waals surface area contributed by atoms with Crippen LogP contribution in [-0.2, 0) is 4.79 Å². The first kappa shape index (κ1) is 15.8. The van der Waals surface area contributed by atoms with Gasteiger partial charge >= 0.3 is 12.0 Å². The van der Waals surface area contributed by atoms with E-state index in [9.17, 15) is 9.59 Å². The zero-order chi connectivity index (χ0) is 14.4. The molecule has 0 radical (unpaired) electrons. The molecule has 0 bridgehead atoms. The largest absolute Gasteiger partial charge is 0.481 e. The van der Waals surface area contributed by atoms with Crippen molar-refractivity contribution in [3.63, 3.8) is 0 Å². The predicted octanol–water partition coefficient (Wildman–Crippen LogP) is 3.48. The van der Waals surface area contributed by atoms with Crippen molar-refractivity contribution in [2.75, 3.05) is 5.32 Å². The number of benzene rings is 1. The lowest BCUT2D eigenvalue weighted by Gasteiger charge is -2.14. The van der Waals surface area contributed by atoms with Crippen molar-refractivity contribution >= 4 is 45.2 Å². The molecule has 0 aliphatic heterocycles. The maximum Gasteiger partial charge on any atom is 0.319 e. The van der Waals surface area contributed by atoms with Crippen LogP contribution in [0.5, 0.6) is 0 Å². The third-order valence-corrected chi connectivity index (χ3v) is 3.17. The second kappa shape index (κ2) is 7.35. The number of aliphatic carboxylic acids is 1. The van der Waals surface area contributed by atoms with E-state index in [0.29, 0.717) is 17.1 Å². The van der Waals surface area contributed by atoms with Gasteiger partial charge in [-0.2, -0.15) is 0 Å². The first-order valence-corrected chi connectivity index (χ1v) is 6.80. The average Bonchev–Trinajstić information content (AvgIpc) is 2.31. The lowest BCUT2D eigenvalue weighted by atomic mass is 10.2. The van der Waals surface area contributed by atoms with Gasteiger partial charge in [0, 0.05) is 16.9 Å². The topological polar surface area (TPSA) is 78.4 Å². The van der Waals surface area contributed by atoms with E-state index in [2.05, 4.69) is 26.6 Å². The standard InChI is InChI=1S/C12H14BrClN2O3/c1-7(2-5-11(17)18)15-12(19)16-10-6-8(13)3-4-9(10)14/h3-4,6-7H,2,5H2,1H3,(H,17,18)(H2,15,16,19). The lowest BCUT2D eigenvalue weighted by molar-refractivity contribution is -0.137. The molecule has 0 saturated carbocycles. The molecule has 3 N–H and O–H groups in total. The smallest absolute Gasteiger partial charge is 0.319 e. The predicted molar refractivity (Wildman–Crippen MR) is 77.6 cm³/mol. The van der Waals surface area contributed by atoms with Gasteiger partial charge in [-0.25, -0.2) is 4.79 Å². The van der Waals surface area contributed by atoms with Crippen LogP contribution in [0.2, 0.25) is 5.02 Å². The van der Waals surface area contributed by atoms with Gasteiger partial charge in [0.05, 0.1) is 10.7 Å². The van der Waals surface area contributed by atoms with Crippen molar-refractivity contribution in [2.45, 2.75) is 25.8 Å². The number of amides is 2. The molecule has 1 aromatic carbocycles. The molecule has 19 heavy (non-hydrogen) atoms. The summed E-state index contributed by atoms with van der Waals surface area (Å²) in [4.78, 5) is 22.1. The number of carboxylic acid groups (broad SMARTS) is 1. The first-order valence-electron chi connectivity index (χ1n) is 5.63. The van der Waals surface area contributed by atoms with Gasteiger partial charge in [-0.05, 0) is 31.5 Å². The van der Waals surface area contributed by atoms with E-state index in [-0.39, 0.29) is 12.5 Å². The van der Waals surface area contributed by atoms with Crippen molar-refractivity contribution in [3.8, 4) is 0 Å². The van der Waals surface area contributed by atoms with Crippen LogP contribution in [0.3, 0.4) is 0 Å². The van der Waals surface area contributed by atoms with Gasteiger partial charge in [-0.3, -0.25) is 4.79 Å². The number of halogens is 2. The van der Waals surface area contributed by atoms with E-state index in [0.717, 1.165) is 4.47 Å². The number of carboxylic acids is 1. The second-order valence-electron chi connectivity index (χ2n) is 4.06. The van der Waals surface area contributed by atoms with Gasteiger partial charge in [0.1, 0.15) is 0 Å². The zero-order valence-corrected chi connectivity index (χ0v) is 12.6. The van der Waals surface area contributed by atoms with Crippen LogP contribution < -0.4 is 10.6 Å². The minimum absolute atomic E-state index is 0.0130. The number of carbonyl (C=O) groups is 2. The SMILES string of the molecule is CC(CCC(=O)O)NC(=O)Nc1cc(Br)ccc1Cl. The fourth-order valence-electron chi connectivity index (χ4n) is 1.39. The highest BCUT2D eigenvalue weighted by molar-refractivity contribution is 9.10. The summed E-state index contributed by atoms with van der Waals surface area (Å²) in [7, 11) is 0. The summed E-state index contributed by atoms with van der Waals surface area (Å²) >= 11 is 9.22. The lowest BCUT2D eigenvalue weighted by Crippen LogP contribution is -2.36. The van der Waals surface area contributed by atoms with Crippen molar-refractivity contribution in [1.29, 1.82) is 0 Å². The molecule has 0 saturated heterocycles. The van der Waals surface area contributed by atoms with E-state index in [1.807, 2.05) is 0 Å². The fourth-order valence-corrected chi connectivity index (χ4v) is 1.91. The summed E-state index contributed by atoms with van der Waals surface area (Å²) in [5.41, 5.74) is 0.485. The normalized spacial score (nSPS) is 11.7. The Labute approximate surface area is 124 Å². The van der Waals surface area contributed by atoms with Gasteiger partial charge in [0.15, 0.2) is 0 Å². The van der Waals surface area contributed by atoms with E-state index in [1.54, 1.807) is 25.1 Å². The van der Waals surface area contributed by atoms with Crippen LogP contribution in [0, 0.1) is 0 Å². The fraction of sp³-hybridized carbons (Fsp3) is 0.333. The third kappa shape index (κ3) is 5.94. The van der Waals surface area contributed by atoms with Crippen LogP contribution in [0.4, 0.5) is 10.5 Å². The number of rotatable bonds is 5. The number of carbonyl (C=O) groups excluding carboxylic acids is 1.